The highest BCUT2D eigenvalue weighted by molar-refractivity contribution is 5.94. The maximum Gasteiger partial charge on any atom is 0.254 e. The Kier molecular flexibility index (Phi) is 6.52. The number of amides is 1. The number of anilines is 1. The molecule has 1 aromatic heterocycles. The van der Waals surface area contributed by atoms with E-state index in [2.05, 4.69) is 15.2 Å². The summed E-state index contributed by atoms with van der Waals surface area (Å²) in [6.07, 6.45) is 3.48. The van der Waals surface area contributed by atoms with Gasteiger partial charge in [-0.05, 0) is 35.9 Å². The number of halogens is 2. The second-order valence-electron chi connectivity index (χ2n) is 7.47. The third kappa shape index (κ3) is 4.88. The van der Waals surface area contributed by atoms with Crippen molar-refractivity contribution in [1.29, 1.82) is 0 Å². The normalized spacial score (nSPS) is 15.5. The Hall–Kier alpha value is -3.32. The average molecular weight is 422 g/mol. The minimum absolute atomic E-state index is 0.0248. The lowest BCUT2D eigenvalue weighted by atomic mass is 10.1. The Morgan fingerprint density at radius 2 is 1.65 bits per heavy atom. The number of aromatic nitrogens is 1. The van der Waals surface area contributed by atoms with E-state index in [4.69, 9.17) is 0 Å². The lowest BCUT2D eigenvalue weighted by molar-refractivity contribution is 0.0926. The number of piperazine rings is 1. The van der Waals surface area contributed by atoms with E-state index >= 15 is 0 Å². The number of nitrogens with one attached hydrogen (secondary N) is 1. The Morgan fingerprint density at radius 1 is 0.935 bits per heavy atom. The number of pyridine rings is 1. The van der Waals surface area contributed by atoms with Crippen molar-refractivity contribution in [3.8, 4) is 0 Å². The fraction of sp³-hybridized carbons (Fsp3) is 0.250. The van der Waals surface area contributed by atoms with Crippen LogP contribution in [-0.4, -0.2) is 48.5 Å². The van der Waals surface area contributed by atoms with Gasteiger partial charge in [-0.1, -0.05) is 30.3 Å². The van der Waals surface area contributed by atoms with E-state index in [0.717, 1.165) is 5.56 Å². The van der Waals surface area contributed by atoms with E-state index in [9.17, 15) is 13.6 Å². The molecule has 1 aliphatic rings. The number of benzene rings is 2. The van der Waals surface area contributed by atoms with Crippen LogP contribution in [0.3, 0.4) is 0 Å². The molecule has 0 aliphatic carbocycles. The Morgan fingerprint density at radius 3 is 2.32 bits per heavy atom. The fourth-order valence-corrected chi connectivity index (χ4v) is 3.94. The number of nitrogens with zero attached hydrogens (tertiary/aromatic N) is 3. The van der Waals surface area contributed by atoms with E-state index in [-0.39, 0.29) is 17.4 Å². The predicted octanol–water partition coefficient (Wildman–Crippen LogP) is 3.65. The molecule has 3 aromatic rings. The summed E-state index contributed by atoms with van der Waals surface area (Å²) in [6.45, 7) is 3.05. The molecule has 1 aliphatic heterocycles. The molecule has 0 spiro atoms. The lowest BCUT2D eigenvalue weighted by Crippen LogP contribution is -2.50. The van der Waals surface area contributed by atoms with Crippen LogP contribution in [-0.2, 0) is 0 Å². The maximum absolute atomic E-state index is 14.2. The number of hydrogen-bond donors (Lipinski definition) is 1. The zero-order chi connectivity index (χ0) is 21.6. The largest absolute Gasteiger partial charge is 0.367 e. The molecular formula is C24H24F2N4O. The lowest BCUT2D eigenvalue weighted by Gasteiger charge is -2.40. The van der Waals surface area contributed by atoms with Crippen LogP contribution in [0.15, 0.2) is 73.1 Å². The van der Waals surface area contributed by atoms with Gasteiger partial charge in [0, 0.05) is 45.1 Å². The highest BCUT2D eigenvalue weighted by atomic mass is 19.1. The first-order valence-corrected chi connectivity index (χ1v) is 10.3. The second kappa shape index (κ2) is 9.66. The van der Waals surface area contributed by atoms with Crippen LogP contribution in [0.25, 0.3) is 0 Å². The van der Waals surface area contributed by atoms with Gasteiger partial charge in [-0.15, -0.1) is 0 Å². The molecular weight excluding hydrogens is 398 g/mol. The minimum Gasteiger partial charge on any atom is -0.367 e. The van der Waals surface area contributed by atoms with Crippen molar-refractivity contribution in [3.05, 3.63) is 95.8 Å². The van der Waals surface area contributed by atoms with Gasteiger partial charge in [-0.3, -0.25) is 14.7 Å². The van der Waals surface area contributed by atoms with Crippen LogP contribution >= 0.6 is 0 Å². The molecule has 5 nitrogen and oxygen atoms in total. The van der Waals surface area contributed by atoms with Gasteiger partial charge in [0.25, 0.3) is 5.91 Å². The Labute approximate surface area is 180 Å². The standard InChI is InChI=1S/C24H24F2N4O/c25-20-8-2-1-7-19(20)24(31)28-17-23(18-6-5-11-27-16-18)30-14-12-29(13-15-30)22-10-4-3-9-21(22)26/h1-11,16,23H,12-15,17H2,(H,28,31)/t23-/m0/s1. The van der Waals surface area contributed by atoms with Crippen LogP contribution in [0.2, 0.25) is 0 Å². The van der Waals surface area contributed by atoms with Gasteiger partial charge in [0.15, 0.2) is 0 Å². The highest BCUT2D eigenvalue weighted by Crippen LogP contribution is 2.25. The first kappa shape index (κ1) is 20.9. The van der Waals surface area contributed by atoms with E-state index in [0.29, 0.717) is 38.4 Å². The molecule has 2 aromatic carbocycles. The van der Waals surface area contributed by atoms with Gasteiger partial charge >= 0.3 is 0 Å². The van der Waals surface area contributed by atoms with E-state index in [1.54, 1.807) is 36.7 Å². The smallest absolute Gasteiger partial charge is 0.254 e. The highest BCUT2D eigenvalue weighted by Gasteiger charge is 2.27. The zero-order valence-electron chi connectivity index (χ0n) is 17.0. The molecule has 0 bridgehead atoms. The van der Waals surface area contributed by atoms with Gasteiger partial charge in [-0.25, -0.2) is 8.78 Å². The van der Waals surface area contributed by atoms with Gasteiger partial charge in [-0.2, -0.15) is 0 Å². The van der Waals surface area contributed by atoms with Crippen molar-refractivity contribution >= 4 is 11.6 Å². The van der Waals surface area contributed by atoms with Crippen molar-refractivity contribution < 1.29 is 13.6 Å². The van der Waals surface area contributed by atoms with Gasteiger partial charge in [0.05, 0.1) is 17.3 Å². The minimum atomic E-state index is -0.545. The average Bonchev–Trinajstić information content (AvgIpc) is 2.81. The van der Waals surface area contributed by atoms with E-state index in [1.807, 2.05) is 23.1 Å². The summed E-state index contributed by atoms with van der Waals surface area (Å²) >= 11 is 0. The molecule has 1 N–H and O–H groups in total. The Balaban J connectivity index is 1.46. The van der Waals surface area contributed by atoms with Crippen molar-refractivity contribution in [2.75, 3.05) is 37.6 Å². The molecule has 1 atom stereocenters. The molecule has 7 heteroatoms. The molecule has 0 saturated carbocycles. The summed E-state index contributed by atoms with van der Waals surface area (Å²) in [5, 5.41) is 2.87. The monoisotopic (exact) mass is 422 g/mol. The third-order valence-electron chi connectivity index (χ3n) is 5.59. The summed E-state index contributed by atoms with van der Waals surface area (Å²) < 4.78 is 28.1. The van der Waals surface area contributed by atoms with E-state index < -0.39 is 11.7 Å². The van der Waals surface area contributed by atoms with Crippen LogP contribution in [0.5, 0.6) is 0 Å². The zero-order valence-corrected chi connectivity index (χ0v) is 17.0. The predicted molar refractivity (Wildman–Crippen MR) is 116 cm³/mol. The summed E-state index contributed by atoms with van der Waals surface area (Å²) in [7, 11) is 0. The number of para-hydroxylation sites is 1. The van der Waals surface area contributed by atoms with Crippen LogP contribution in [0.4, 0.5) is 14.5 Å². The number of carbonyl (C=O) groups is 1. The topological polar surface area (TPSA) is 48.5 Å². The van der Waals surface area contributed by atoms with Crippen LogP contribution < -0.4 is 10.2 Å². The fourth-order valence-electron chi connectivity index (χ4n) is 3.94. The molecule has 1 saturated heterocycles. The third-order valence-corrected chi connectivity index (χ3v) is 5.59. The van der Waals surface area contributed by atoms with Gasteiger partial charge in [0.1, 0.15) is 11.6 Å². The molecule has 1 amide bonds. The first-order chi connectivity index (χ1) is 15.1. The molecule has 31 heavy (non-hydrogen) atoms. The summed E-state index contributed by atoms with van der Waals surface area (Å²) in [5.41, 5.74) is 1.60. The van der Waals surface area contributed by atoms with Crippen LogP contribution in [0, 0.1) is 11.6 Å². The Bertz CT molecular complexity index is 1020. The molecule has 0 unspecified atom stereocenters. The molecule has 4 rings (SSSR count). The summed E-state index contributed by atoms with van der Waals surface area (Å²) in [4.78, 5) is 21.0. The number of carbonyl (C=O) groups excluding carboxylic acids is 1. The molecule has 160 valence electrons. The SMILES string of the molecule is O=C(NC[C@@H](c1cccnc1)N1CCN(c2ccccc2F)CC1)c1ccccc1F. The summed E-state index contributed by atoms with van der Waals surface area (Å²) in [6, 6.07) is 16.4. The van der Waals surface area contributed by atoms with Crippen molar-refractivity contribution in [2.24, 2.45) is 0 Å². The van der Waals surface area contributed by atoms with E-state index in [1.165, 1.54) is 18.2 Å². The van der Waals surface area contributed by atoms with Crippen molar-refractivity contribution in [2.45, 2.75) is 6.04 Å². The molecule has 1 fully saturated rings. The van der Waals surface area contributed by atoms with Crippen molar-refractivity contribution in [1.82, 2.24) is 15.2 Å². The van der Waals surface area contributed by atoms with Crippen molar-refractivity contribution in [3.63, 3.8) is 0 Å². The quantitative estimate of drug-likeness (QED) is 0.659. The first-order valence-electron chi connectivity index (χ1n) is 10.3. The van der Waals surface area contributed by atoms with Crippen LogP contribution in [0.1, 0.15) is 22.0 Å². The number of hydrogen-bond acceptors (Lipinski definition) is 4. The maximum atomic E-state index is 14.2. The van der Waals surface area contributed by atoms with Gasteiger partial charge < -0.3 is 10.2 Å². The summed E-state index contributed by atoms with van der Waals surface area (Å²) in [5.74, 6) is -1.22. The number of rotatable bonds is 6. The molecule has 2 heterocycles. The van der Waals surface area contributed by atoms with Gasteiger partial charge in [0.2, 0.25) is 0 Å². The second-order valence-corrected chi connectivity index (χ2v) is 7.47. The molecule has 0 radical (unpaired) electrons.